The summed E-state index contributed by atoms with van der Waals surface area (Å²) in [6.07, 6.45) is 4.57. The van der Waals surface area contributed by atoms with Crippen LogP contribution in [0.1, 0.15) is 19.3 Å². The smallest absolute Gasteiger partial charge is 0.266 e. The molecule has 0 saturated carbocycles. The predicted octanol–water partition coefficient (Wildman–Crippen LogP) is 2.99. The normalized spacial score (nSPS) is 17.0. The third-order valence-electron chi connectivity index (χ3n) is 4.38. The number of sulfonamides is 1. The lowest BCUT2D eigenvalue weighted by atomic mass is 10.2. The number of unbranched alkanes of at least 4 members (excludes halogenated alkanes) is 1. The van der Waals surface area contributed by atoms with E-state index < -0.39 is 20.7 Å². The molecule has 11 heteroatoms. The van der Waals surface area contributed by atoms with Gasteiger partial charge in [-0.1, -0.05) is 0 Å². The minimum Gasteiger partial charge on any atom is -0.384 e. The second kappa shape index (κ2) is 9.97. The molecular formula is C17H23BrFN5O2S2. The Balaban J connectivity index is 1.51. The molecule has 154 valence electrons. The zero-order valence-corrected chi connectivity index (χ0v) is 18.4. The monoisotopic (exact) mass is 491 g/mol. The average Bonchev–Trinajstić information content (AvgIpc) is 3.34. The van der Waals surface area contributed by atoms with E-state index in [4.69, 9.17) is 0 Å². The highest BCUT2D eigenvalue weighted by Crippen LogP contribution is 2.29. The topological polar surface area (TPSA) is 95.2 Å². The van der Waals surface area contributed by atoms with Gasteiger partial charge < -0.3 is 16.0 Å². The van der Waals surface area contributed by atoms with Crippen molar-refractivity contribution in [1.29, 1.82) is 0 Å². The fourth-order valence-electron chi connectivity index (χ4n) is 2.92. The molecule has 0 unspecified atom stereocenters. The van der Waals surface area contributed by atoms with Crippen LogP contribution >= 0.6 is 27.3 Å². The van der Waals surface area contributed by atoms with Crippen molar-refractivity contribution in [2.24, 2.45) is 0 Å². The van der Waals surface area contributed by atoms with Crippen molar-refractivity contribution >= 4 is 48.1 Å². The quantitative estimate of drug-likeness (QED) is 0.381. The van der Waals surface area contributed by atoms with Crippen LogP contribution in [0.3, 0.4) is 0 Å². The third kappa shape index (κ3) is 5.86. The number of anilines is 2. The van der Waals surface area contributed by atoms with E-state index >= 15 is 0 Å². The Hall–Kier alpha value is -1.27. The zero-order valence-electron chi connectivity index (χ0n) is 15.2. The summed E-state index contributed by atoms with van der Waals surface area (Å²) < 4.78 is 42.0. The molecule has 1 fully saturated rings. The van der Waals surface area contributed by atoms with Crippen LogP contribution in [0.15, 0.2) is 33.1 Å². The van der Waals surface area contributed by atoms with E-state index in [9.17, 15) is 12.8 Å². The van der Waals surface area contributed by atoms with Crippen LogP contribution in [0.5, 0.6) is 0 Å². The minimum atomic E-state index is -4.04. The first-order valence-electron chi connectivity index (χ1n) is 9.05. The van der Waals surface area contributed by atoms with Gasteiger partial charge in [0.25, 0.3) is 10.0 Å². The lowest BCUT2D eigenvalue weighted by Gasteiger charge is -2.13. The largest absolute Gasteiger partial charge is 0.384 e. The summed E-state index contributed by atoms with van der Waals surface area (Å²) in [5.41, 5.74) is 0.527. The molecule has 0 spiro atoms. The Morgan fingerprint density at radius 3 is 2.86 bits per heavy atom. The maximum Gasteiger partial charge on any atom is 0.266 e. The van der Waals surface area contributed by atoms with Gasteiger partial charge in [0.05, 0.1) is 5.69 Å². The van der Waals surface area contributed by atoms with E-state index in [1.54, 1.807) is 5.38 Å². The van der Waals surface area contributed by atoms with Crippen molar-refractivity contribution in [3.8, 4) is 0 Å². The van der Waals surface area contributed by atoms with Gasteiger partial charge in [-0.05, 0) is 60.4 Å². The van der Waals surface area contributed by atoms with Crippen LogP contribution in [0.25, 0.3) is 0 Å². The second-order valence-corrected chi connectivity index (χ2v) is 9.88. The van der Waals surface area contributed by atoms with Crippen LogP contribution in [0.2, 0.25) is 0 Å². The van der Waals surface area contributed by atoms with Crippen LogP contribution in [0, 0.1) is 5.82 Å². The van der Waals surface area contributed by atoms with Crippen LogP contribution in [0.4, 0.5) is 15.2 Å². The molecule has 7 nitrogen and oxygen atoms in total. The number of hydrogen-bond donors (Lipinski definition) is 4. The van der Waals surface area contributed by atoms with E-state index in [1.165, 1.54) is 18.3 Å². The molecule has 3 rings (SSSR count). The molecule has 4 N–H and O–H groups in total. The van der Waals surface area contributed by atoms with E-state index in [0.717, 1.165) is 50.2 Å². The van der Waals surface area contributed by atoms with Crippen molar-refractivity contribution < 1.29 is 12.8 Å². The van der Waals surface area contributed by atoms with Crippen LogP contribution in [-0.2, 0) is 10.0 Å². The molecule has 28 heavy (non-hydrogen) atoms. The molecule has 0 aliphatic carbocycles. The van der Waals surface area contributed by atoms with E-state index in [-0.39, 0.29) is 5.13 Å². The molecule has 1 aromatic carbocycles. The van der Waals surface area contributed by atoms with Crippen molar-refractivity contribution in [1.82, 2.24) is 15.6 Å². The molecule has 1 saturated heterocycles. The number of thiazole rings is 1. The van der Waals surface area contributed by atoms with Gasteiger partial charge in [0.1, 0.15) is 10.7 Å². The highest BCUT2D eigenvalue weighted by molar-refractivity contribution is 9.10. The minimum absolute atomic E-state index is 0.194. The summed E-state index contributed by atoms with van der Waals surface area (Å²) >= 11 is 4.45. The Morgan fingerprint density at radius 1 is 1.32 bits per heavy atom. The van der Waals surface area contributed by atoms with Gasteiger partial charge in [-0.3, -0.25) is 4.72 Å². The van der Waals surface area contributed by atoms with E-state index in [1.807, 2.05) is 0 Å². The molecule has 2 heterocycles. The molecule has 1 aliphatic heterocycles. The number of nitrogens with zero attached hydrogens (tertiary/aromatic N) is 1. The van der Waals surface area contributed by atoms with E-state index in [2.05, 4.69) is 41.6 Å². The molecule has 1 aromatic heterocycles. The molecule has 1 atom stereocenters. The summed E-state index contributed by atoms with van der Waals surface area (Å²) in [5, 5.41) is 11.8. The van der Waals surface area contributed by atoms with Crippen molar-refractivity contribution in [2.45, 2.75) is 30.2 Å². The van der Waals surface area contributed by atoms with Gasteiger partial charge >= 0.3 is 0 Å². The first-order valence-corrected chi connectivity index (χ1v) is 12.2. The Morgan fingerprint density at radius 2 is 2.14 bits per heavy atom. The average molecular weight is 492 g/mol. The number of aromatic nitrogens is 1. The first-order chi connectivity index (χ1) is 13.5. The van der Waals surface area contributed by atoms with Gasteiger partial charge in [-0.15, -0.1) is 11.3 Å². The van der Waals surface area contributed by atoms with Crippen molar-refractivity contribution in [3.63, 3.8) is 0 Å². The summed E-state index contributed by atoms with van der Waals surface area (Å²) in [6, 6.07) is 3.02. The number of rotatable bonds is 10. The second-order valence-electron chi connectivity index (χ2n) is 6.48. The molecule has 1 aliphatic rings. The first kappa shape index (κ1) is 21.4. The lowest BCUT2D eigenvalue weighted by Crippen LogP contribution is -2.31. The summed E-state index contributed by atoms with van der Waals surface area (Å²) in [7, 11) is -4.04. The lowest BCUT2D eigenvalue weighted by molar-refractivity contribution is 0.530. The highest BCUT2D eigenvalue weighted by atomic mass is 79.9. The zero-order chi connectivity index (χ0) is 20.0. The number of nitrogens with one attached hydrogen (secondary N) is 4. The molecular weight excluding hydrogens is 469 g/mol. The summed E-state index contributed by atoms with van der Waals surface area (Å²) in [4.78, 5) is 3.44. The maximum absolute atomic E-state index is 14.4. The Labute approximate surface area is 176 Å². The highest BCUT2D eigenvalue weighted by Gasteiger charge is 2.22. The van der Waals surface area contributed by atoms with Gasteiger partial charge in [0, 0.05) is 35.2 Å². The van der Waals surface area contributed by atoms with E-state index in [0.29, 0.717) is 22.7 Å². The summed E-state index contributed by atoms with van der Waals surface area (Å²) in [5.74, 6) is -0.815. The maximum atomic E-state index is 14.4. The third-order valence-corrected chi connectivity index (χ3v) is 7.21. The van der Waals surface area contributed by atoms with Gasteiger partial charge in [0.2, 0.25) is 0 Å². The molecule has 0 amide bonds. The van der Waals surface area contributed by atoms with Crippen LogP contribution < -0.4 is 20.7 Å². The predicted molar refractivity (Wildman–Crippen MR) is 114 cm³/mol. The Bertz CT molecular complexity index is 874. The number of benzene rings is 1. The van der Waals surface area contributed by atoms with Crippen molar-refractivity contribution in [2.75, 3.05) is 36.2 Å². The fraction of sp³-hybridized carbons (Fsp3) is 0.471. The fourth-order valence-corrected chi connectivity index (χ4v) is 5.43. The Kier molecular flexibility index (Phi) is 7.63. The number of hydrogen-bond acceptors (Lipinski definition) is 7. The van der Waals surface area contributed by atoms with Crippen LogP contribution in [-0.4, -0.2) is 45.6 Å². The molecule has 0 bridgehead atoms. The standard InChI is InChI=1S/C17H23BrFN5O2S2/c18-13-9-16(28(25,26)24-17-23-7-8-27-17)14(19)10-15(13)22-5-2-1-4-21-12-3-6-20-11-12/h7-10,12,20-22H,1-6,11H2,(H,23,24)/t12-/m1/s1. The molecule has 2 aromatic rings. The van der Waals surface area contributed by atoms with Gasteiger partial charge in [0.15, 0.2) is 5.13 Å². The SMILES string of the molecule is O=S(=O)(Nc1nccs1)c1cc(Br)c(NCCCCN[C@@H]2CCNC2)cc1F. The van der Waals surface area contributed by atoms with Gasteiger partial charge in [-0.25, -0.2) is 17.8 Å². The van der Waals surface area contributed by atoms with Gasteiger partial charge in [-0.2, -0.15) is 0 Å². The summed E-state index contributed by atoms with van der Waals surface area (Å²) in [6.45, 7) is 3.72. The molecule has 0 radical (unpaired) electrons. The van der Waals surface area contributed by atoms with Crippen molar-refractivity contribution in [3.05, 3.63) is 34.0 Å². The number of halogens is 2.